The Bertz CT molecular complexity index is 166. The van der Waals surface area contributed by atoms with Crippen LogP contribution >= 0.6 is 0 Å². The summed E-state index contributed by atoms with van der Waals surface area (Å²) in [5, 5.41) is 18.7. The van der Waals surface area contributed by atoms with E-state index in [1.54, 1.807) is 6.92 Å². The van der Waals surface area contributed by atoms with Gasteiger partial charge in [0.15, 0.2) is 6.29 Å². The molecule has 4 nitrogen and oxygen atoms in total. The first kappa shape index (κ1) is 12.9. The van der Waals surface area contributed by atoms with Crippen LogP contribution in [0.5, 0.6) is 0 Å². The highest BCUT2D eigenvalue weighted by Crippen LogP contribution is 2.16. The predicted molar refractivity (Wildman–Crippen MR) is 56.4 cm³/mol. The average molecular weight is 218 g/mol. The maximum absolute atomic E-state index is 9.55. The van der Waals surface area contributed by atoms with Crippen molar-refractivity contribution in [3.05, 3.63) is 0 Å². The highest BCUT2D eigenvalue weighted by molar-refractivity contribution is 4.69. The van der Waals surface area contributed by atoms with Crippen molar-refractivity contribution in [3.8, 4) is 0 Å². The van der Waals surface area contributed by atoms with Gasteiger partial charge in [-0.3, -0.25) is 0 Å². The Morgan fingerprint density at radius 3 is 2.60 bits per heavy atom. The highest BCUT2D eigenvalue weighted by atomic mass is 16.7. The number of rotatable bonds is 5. The summed E-state index contributed by atoms with van der Waals surface area (Å²) in [5.74, 6) is -0.0736. The van der Waals surface area contributed by atoms with Crippen LogP contribution in [0.1, 0.15) is 33.1 Å². The minimum Gasteiger partial charge on any atom is -0.391 e. The van der Waals surface area contributed by atoms with Gasteiger partial charge >= 0.3 is 0 Å². The minimum atomic E-state index is -0.728. The zero-order chi connectivity index (χ0) is 11.3. The molecule has 1 aliphatic heterocycles. The van der Waals surface area contributed by atoms with E-state index >= 15 is 0 Å². The van der Waals surface area contributed by atoms with Crippen LogP contribution in [0.25, 0.3) is 0 Å². The highest BCUT2D eigenvalue weighted by Gasteiger charge is 2.22. The molecule has 2 N–H and O–H groups in total. The number of aliphatic hydroxyl groups excluding tert-OH is 2. The first-order chi connectivity index (χ1) is 7.11. The third kappa shape index (κ3) is 4.47. The Balaban J connectivity index is 2.17. The molecule has 0 aliphatic carbocycles. The summed E-state index contributed by atoms with van der Waals surface area (Å²) >= 11 is 0. The summed E-state index contributed by atoms with van der Waals surface area (Å²) in [6.45, 7) is 4.63. The topological polar surface area (TPSA) is 58.9 Å². The zero-order valence-electron chi connectivity index (χ0n) is 9.56. The Morgan fingerprint density at radius 2 is 2.07 bits per heavy atom. The minimum absolute atomic E-state index is 0.0736. The molecule has 0 spiro atoms. The fourth-order valence-electron chi connectivity index (χ4n) is 1.68. The van der Waals surface area contributed by atoms with Crippen molar-refractivity contribution in [1.82, 2.24) is 0 Å². The van der Waals surface area contributed by atoms with Crippen molar-refractivity contribution in [1.29, 1.82) is 0 Å². The molecule has 4 atom stereocenters. The smallest absolute Gasteiger partial charge is 0.157 e. The Labute approximate surface area is 91.2 Å². The van der Waals surface area contributed by atoms with Crippen molar-refractivity contribution in [2.24, 2.45) is 5.92 Å². The summed E-state index contributed by atoms with van der Waals surface area (Å²) in [6.07, 6.45) is 1.60. The fourth-order valence-corrected chi connectivity index (χ4v) is 1.68. The van der Waals surface area contributed by atoms with Crippen LogP contribution in [0.4, 0.5) is 0 Å². The van der Waals surface area contributed by atoms with Crippen LogP contribution in [0.2, 0.25) is 0 Å². The molecule has 0 saturated carbocycles. The SMILES string of the molecule is CC(O)C(O)C(C)COC1CCCCO1. The molecule has 1 saturated heterocycles. The molecule has 0 aromatic rings. The molecule has 15 heavy (non-hydrogen) atoms. The number of hydrogen-bond acceptors (Lipinski definition) is 4. The molecule has 4 unspecified atom stereocenters. The summed E-state index contributed by atoms with van der Waals surface area (Å²) in [5.41, 5.74) is 0. The predicted octanol–water partition coefficient (Wildman–Crippen LogP) is 0.907. The van der Waals surface area contributed by atoms with E-state index in [0.29, 0.717) is 6.61 Å². The van der Waals surface area contributed by atoms with Crippen molar-refractivity contribution in [3.63, 3.8) is 0 Å². The molecule has 0 radical (unpaired) electrons. The van der Waals surface area contributed by atoms with Crippen molar-refractivity contribution >= 4 is 0 Å². The van der Waals surface area contributed by atoms with Gasteiger partial charge < -0.3 is 19.7 Å². The number of aliphatic hydroxyl groups is 2. The quantitative estimate of drug-likeness (QED) is 0.720. The summed E-state index contributed by atoms with van der Waals surface area (Å²) in [7, 11) is 0. The molecule has 4 heteroatoms. The van der Waals surface area contributed by atoms with Gasteiger partial charge in [-0.05, 0) is 26.2 Å². The van der Waals surface area contributed by atoms with Crippen molar-refractivity contribution < 1.29 is 19.7 Å². The summed E-state index contributed by atoms with van der Waals surface area (Å²) in [4.78, 5) is 0. The molecule has 0 amide bonds. The average Bonchev–Trinajstić information content (AvgIpc) is 2.26. The van der Waals surface area contributed by atoms with Crippen LogP contribution in [0.15, 0.2) is 0 Å². The molecule has 0 aromatic heterocycles. The molecule has 1 fully saturated rings. The van der Waals surface area contributed by atoms with E-state index in [2.05, 4.69) is 0 Å². The largest absolute Gasteiger partial charge is 0.391 e. The van der Waals surface area contributed by atoms with E-state index in [1.165, 1.54) is 0 Å². The molecular weight excluding hydrogens is 196 g/mol. The van der Waals surface area contributed by atoms with Gasteiger partial charge in [0.1, 0.15) is 0 Å². The second-order valence-electron chi connectivity index (χ2n) is 4.34. The summed E-state index contributed by atoms with van der Waals surface area (Å²) < 4.78 is 10.9. The second kappa shape index (κ2) is 6.43. The second-order valence-corrected chi connectivity index (χ2v) is 4.34. The van der Waals surface area contributed by atoms with Gasteiger partial charge in [0.05, 0.1) is 18.8 Å². The van der Waals surface area contributed by atoms with Gasteiger partial charge in [0.25, 0.3) is 0 Å². The van der Waals surface area contributed by atoms with Crippen LogP contribution in [0, 0.1) is 5.92 Å². The van der Waals surface area contributed by atoms with Crippen molar-refractivity contribution in [2.75, 3.05) is 13.2 Å². The summed E-state index contributed by atoms with van der Waals surface area (Å²) in [6, 6.07) is 0. The van der Waals surface area contributed by atoms with Crippen LogP contribution in [-0.4, -0.2) is 41.9 Å². The monoisotopic (exact) mass is 218 g/mol. The van der Waals surface area contributed by atoms with Gasteiger partial charge in [0, 0.05) is 12.5 Å². The first-order valence-corrected chi connectivity index (χ1v) is 5.70. The van der Waals surface area contributed by atoms with Crippen molar-refractivity contribution in [2.45, 2.75) is 51.6 Å². The van der Waals surface area contributed by atoms with E-state index in [-0.39, 0.29) is 12.2 Å². The Kier molecular flexibility index (Phi) is 5.53. The third-order valence-corrected chi connectivity index (χ3v) is 2.76. The van der Waals surface area contributed by atoms with Crippen LogP contribution < -0.4 is 0 Å². The molecular formula is C11H22O4. The lowest BCUT2D eigenvalue weighted by atomic mass is 10.0. The van der Waals surface area contributed by atoms with Gasteiger partial charge in [-0.2, -0.15) is 0 Å². The molecule has 1 aliphatic rings. The first-order valence-electron chi connectivity index (χ1n) is 5.70. The van der Waals surface area contributed by atoms with Crippen LogP contribution in [0.3, 0.4) is 0 Å². The normalized spacial score (nSPS) is 28.4. The standard InChI is InChI=1S/C11H22O4/c1-8(11(13)9(2)12)7-15-10-5-3-4-6-14-10/h8-13H,3-7H2,1-2H3. The lowest BCUT2D eigenvalue weighted by molar-refractivity contribution is -0.176. The maximum Gasteiger partial charge on any atom is 0.157 e. The lowest BCUT2D eigenvalue weighted by Gasteiger charge is -2.26. The lowest BCUT2D eigenvalue weighted by Crippen LogP contribution is -2.34. The Morgan fingerprint density at radius 1 is 1.33 bits per heavy atom. The Hall–Kier alpha value is -0.160. The van der Waals surface area contributed by atoms with E-state index < -0.39 is 12.2 Å². The van der Waals surface area contributed by atoms with E-state index in [9.17, 15) is 10.2 Å². The third-order valence-electron chi connectivity index (χ3n) is 2.76. The van der Waals surface area contributed by atoms with E-state index in [4.69, 9.17) is 9.47 Å². The molecule has 0 bridgehead atoms. The fraction of sp³-hybridized carbons (Fsp3) is 1.00. The zero-order valence-corrected chi connectivity index (χ0v) is 9.56. The molecule has 90 valence electrons. The number of ether oxygens (including phenoxy) is 2. The van der Waals surface area contributed by atoms with Gasteiger partial charge in [0.2, 0.25) is 0 Å². The number of hydrogen-bond donors (Lipinski definition) is 2. The van der Waals surface area contributed by atoms with E-state index in [0.717, 1.165) is 25.9 Å². The van der Waals surface area contributed by atoms with Gasteiger partial charge in [-0.1, -0.05) is 6.92 Å². The molecule has 0 aromatic carbocycles. The van der Waals surface area contributed by atoms with Gasteiger partial charge in [-0.15, -0.1) is 0 Å². The van der Waals surface area contributed by atoms with Gasteiger partial charge in [-0.25, -0.2) is 0 Å². The van der Waals surface area contributed by atoms with Crippen LogP contribution in [-0.2, 0) is 9.47 Å². The van der Waals surface area contributed by atoms with E-state index in [1.807, 2.05) is 6.92 Å². The molecule has 1 rings (SSSR count). The maximum atomic E-state index is 9.55. The molecule has 1 heterocycles.